The molecule has 1 aromatic carbocycles. The molecule has 1 amide bonds. The van der Waals surface area contributed by atoms with E-state index in [0.29, 0.717) is 5.75 Å². The summed E-state index contributed by atoms with van der Waals surface area (Å²) in [6, 6.07) is 12.2. The van der Waals surface area contributed by atoms with Gasteiger partial charge in [-0.25, -0.2) is 0 Å². The number of amides is 1. The lowest BCUT2D eigenvalue weighted by Crippen LogP contribution is -2.27. The fourth-order valence-corrected chi connectivity index (χ4v) is 3.72. The Balaban J connectivity index is 1.73. The quantitative estimate of drug-likeness (QED) is 0.817. The van der Waals surface area contributed by atoms with Crippen molar-refractivity contribution in [2.75, 3.05) is 5.75 Å². The first-order chi connectivity index (χ1) is 10.0. The third-order valence-electron chi connectivity index (χ3n) is 3.02. The molecule has 5 heteroatoms. The van der Waals surface area contributed by atoms with Crippen molar-refractivity contribution in [3.05, 3.63) is 56.7 Å². The number of hydrogen-bond donors (Lipinski definition) is 1. The van der Waals surface area contributed by atoms with Crippen LogP contribution < -0.4 is 5.32 Å². The topological polar surface area (TPSA) is 29.1 Å². The van der Waals surface area contributed by atoms with Gasteiger partial charge < -0.3 is 5.32 Å². The van der Waals surface area contributed by atoms with Gasteiger partial charge in [-0.3, -0.25) is 4.79 Å². The van der Waals surface area contributed by atoms with E-state index in [4.69, 9.17) is 11.6 Å². The lowest BCUT2D eigenvalue weighted by atomic mass is 10.2. The lowest BCUT2D eigenvalue weighted by molar-refractivity contribution is -0.119. The Morgan fingerprint density at radius 2 is 2.00 bits per heavy atom. The molecule has 2 aromatic rings. The number of thiophene rings is 1. The summed E-state index contributed by atoms with van der Waals surface area (Å²) < 4.78 is 0.750. The van der Waals surface area contributed by atoms with Gasteiger partial charge in [0.15, 0.2) is 0 Å². The molecule has 2 nitrogen and oxygen atoms in total. The summed E-state index contributed by atoms with van der Waals surface area (Å²) >= 11 is 9.04. The van der Waals surface area contributed by atoms with Gasteiger partial charge in [-0.2, -0.15) is 0 Å². The number of aryl methyl sites for hydroxylation is 1. The summed E-state index contributed by atoms with van der Waals surface area (Å²) in [6.07, 6.45) is 0. The molecule has 0 saturated heterocycles. The monoisotopic (exact) mass is 339 g/mol. The maximum atomic E-state index is 11.9. The van der Waals surface area contributed by atoms with E-state index in [2.05, 4.69) is 36.5 Å². The maximum absolute atomic E-state index is 11.9. The highest BCUT2D eigenvalue weighted by molar-refractivity contribution is 7.99. The van der Waals surface area contributed by atoms with E-state index in [-0.39, 0.29) is 11.9 Å². The van der Waals surface area contributed by atoms with Crippen LogP contribution in [0.2, 0.25) is 4.34 Å². The molecule has 2 rings (SSSR count). The van der Waals surface area contributed by atoms with Crippen molar-refractivity contribution in [3.8, 4) is 0 Å². The molecule has 21 heavy (non-hydrogen) atoms. The molecule has 1 N–H and O–H groups in total. The Bertz CT molecular complexity index is 595. The highest BCUT2D eigenvalue weighted by atomic mass is 35.5. The average Bonchev–Trinajstić information content (AvgIpc) is 2.88. The number of benzene rings is 1. The van der Waals surface area contributed by atoms with Crippen LogP contribution in [0.5, 0.6) is 0 Å². The minimum atomic E-state index is 0.00924. The standard InChI is InChI=1S/C16H18ClNOS2/c1-11-3-5-13(6-4-11)9-20-10-16(19)18-12(2)14-7-8-15(17)21-14/h3-8,12H,9-10H2,1-2H3,(H,18,19). The van der Waals surface area contributed by atoms with Gasteiger partial charge in [0.05, 0.1) is 16.1 Å². The number of nitrogens with one attached hydrogen (secondary N) is 1. The normalized spacial score (nSPS) is 12.1. The molecule has 0 fully saturated rings. The Hall–Kier alpha value is -0.970. The van der Waals surface area contributed by atoms with Gasteiger partial charge in [0.2, 0.25) is 5.91 Å². The van der Waals surface area contributed by atoms with Gasteiger partial charge in [0, 0.05) is 10.6 Å². The Morgan fingerprint density at radius 3 is 2.62 bits per heavy atom. The molecule has 0 aliphatic rings. The van der Waals surface area contributed by atoms with Crippen LogP contribution in [0, 0.1) is 6.92 Å². The van der Waals surface area contributed by atoms with Crippen LogP contribution in [-0.4, -0.2) is 11.7 Å². The molecule has 1 atom stereocenters. The third kappa shape index (κ3) is 5.38. The van der Waals surface area contributed by atoms with E-state index in [1.165, 1.54) is 22.5 Å². The Kier molecular flexibility index (Phi) is 6.15. The number of rotatable bonds is 6. The van der Waals surface area contributed by atoms with Crippen LogP contribution in [-0.2, 0) is 10.5 Å². The van der Waals surface area contributed by atoms with Crippen molar-refractivity contribution >= 4 is 40.6 Å². The van der Waals surface area contributed by atoms with Gasteiger partial charge in [0.25, 0.3) is 0 Å². The third-order valence-corrected chi connectivity index (χ3v) is 5.44. The van der Waals surface area contributed by atoms with Gasteiger partial charge >= 0.3 is 0 Å². The van der Waals surface area contributed by atoms with E-state index in [1.807, 2.05) is 19.1 Å². The molecule has 0 aliphatic heterocycles. The van der Waals surface area contributed by atoms with Crippen LogP contribution >= 0.6 is 34.7 Å². The van der Waals surface area contributed by atoms with Gasteiger partial charge in [-0.1, -0.05) is 41.4 Å². The predicted octanol–water partition coefficient (Wildman–Crippen LogP) is 4.82. The fraction of sp³-hybridized carbons (Fsp3) is 0.312. The smallest absolute Gasteiger partial charge is 0.230 e. The van der Waals surface area contributed by atoms with Crippen LogP contribution in [0.15, 0.2) is 36.4 Å². The van der Waals surface area contributed by atoms with Crippen molar-refractivity contribution in [1.29, 1.82) is 0 Å². The predicted molar refractivity (Wildman–Crippen MR) is 93.2 cm³/mol. The second-order valence-corrected chi connectivity index (χ2v) is 7.64. The molecule has 0 aliphatic carbocycles. The van der Waals surface area contributed by atoms with Crippen molar-refractivity contribution in [1.82, 2.24) is 5.32 Å². The summed E-state index contributed by atoms with van der Waals surface area (Å²) in [5.41, 5.74) is 2.50. The van der Waals surface area contributed by atoms with E-state index in [0.717, 1.165) is 15.0 Å². The number of hydrogen-bond acceptors (Lipinski definition) is 3. The van der Waals surface area contributed by atoms with Crippen molar-refractivity contribution in [3.63, 3.8) is 0 Å². The molecule has 1 heterocycles. The molecule has 1 aromatic heterocycles. The first kappa shape index (κ1) is 16.4. The van der Waals surface area contributed by atoms with E-state index < -0.39 is 0 Å². The van der Waals surface area contributed by atoms with Gasteiger partial charge in [-0.05, 0) is 31.5 Å². The summed E-state index contributed by atoms with van der Waals surface area (Å²) in [6.45, 7) is 4.05. The summed E-state index contributed by atoms with van der Waals surface area (Å²) in [5, 5.41) is 3.00. The number of halogens is 1. The van der Waals surface area contributed by atoms with Gasteiger partial charge in [0.1, 0.15) is 0 Å². The molecule has 112 valence electrons. The highest BCUT2D eigenvalue weighted by Crippen LogP contribution is 2.26. The number of carbonyl (C=O) groups is 1. The Morgan fingerprint density at radius 1 is 1.29 bits per heavy atom. The summed E-state index contributed by atoms with van der Waals surface area (Å²) in [4.78, 5) is 13.0. The van der Waals surface area contributed by atoms with Gasteiger partial charge in [-0.15, -0.1) is 23.1 Å². The van der Waals surface area contributed by atoms with Crippen LogP contribution in [0.25, 0.3) is 0 Å². The molecular weight excluding hydrogens is 322 g/mol. The van der Waals surface area contributed by atoms with E-state index >= 15 is 0 Å². The highest BCUT2D eigenvalue weighted by Gasteiger charge is 2.11. The maximum Gasteiger partial charge on any atom is 0.230 e. The zero-order valence-electron chi connectivity index (χ0n) is 12.1. The SMILES string of the molecule is Cc1ccc(CSCC(=O)NC(C)c2ccc(Cl)s2)cc1. The number of thioether (sulfide) groups is 1. The van der Waals surface area contributed by atoms with Crippen LogP contribution in [0.4, 0.5) is 0 Å². The zero-order valence-corrected chi connectivity index (χ0v) is 14.4. The summed E-state index contributed by atoms with van der Waals surface area (Å²) in [7, 11) is 0. The molecule has 0 spiro atoms. The summed E-state index contributed by atoms with van der Waals surface area (Å²) in [5.74, 6) is 1.38. The minimum Gasteiger partial charge on any atom is -0.348 e. The molecule has 1 unspecified atom stereocenters. The first-order valence-corrected chi connectivity index (χ1v) is 9.07. The molecular formula is C16H18ClNOS2. The largest absolute Gasteiger partial charge is 0.348 e. The average molecular weight is 340 g/mol. The first-order valence-electron chi connectivity index (χ1n) is 6.72. The van der Waals surface area contributed by atoms with Crippen LogP contribution in [0.3, 0.4) is 0 Å². The van der Waals surface area contributed by atoms with Crippen molar-refractivity contribution in [2.45, 2.75) is 25.6 Å². The second kappa shape index (κ2) is 7.87. The second-order valence-electron chi connectivity index (χ2n) is 4.91. The van der Waals surface area contributed by atoms with Crippen LogP contribution in [0.1, 0.15) is 29.0 Å². The van der Waals surface area contributed by atoms with Crippen molar-refractivity contribution < 1.29 is 4.79 Å². The minimum absolute atomic E-state index is 0.00924. The molecule has 0 radical (unpaired) electrons. The zero-order chi connectivity index (χ0) is 15.2. The molecule has 0 bridgehead atoms. The molecule has 0 saturated carbocycles. The van der Waals surface area contributed by atoms with E-state index in [9.17, 15) is 4.79 Å². The van der Waals surface area contributed by atoms with E-state index in [1.54, 1.807) is 11.8 Å². The van der Waals surface area contributed by atoms with Crippen molar-refractivity contribution in [2.24, 2.45) is 0 Å². The Labute approximate surface area is 138 Å². The number of carbonyl (C=O) groups excluding carboxylic acids is 1. The lowest BCUT2D eigenvalue weighted by Gasteiger charge is -2.12. The fourth-order valence-electron chi connectivity index (χ4n) is 1.86.